The van der Waals surface area contributed by atoms with Gasteiger partial charge in [0.1, 0.15) is 0 Å². The van der Waals surface area contributed by atoms with Crippen molar-refractivity contribution in [3.05, 3.63) is 17.9 Å². The number of nitrogens with zero attached hydrogens (tertiary/aromatic N) is 2. The van der Waals surface area contributed by atoms with Gasteiger partial charge in [-0.2, -0.15) is 0 Å². The van der Waals surface area contributed by atoms with Gasteiger partial charge >= 0.3 is 0 Å². The van der Waals surface area contributed by atoms with Crippen molar-refractivity contribution in [3.63, 3.8) is 0 Å². The fourth-order valence-electron chi connectivity index (χ4n) is 2.46. The quantitative estimate of drug-likeness (QED) is 0.733. The first kappa shape index (κ1) is 12.2. The molecule has 0 aliphatic heterocycles. The Labute approximate surface area is 102 Å². The zero-order chi connectivity index (χ0) is 12.5. The minimum atomic E-state index is 0.267. The van der Waals surface area contributed by atoms with Crippen LogP contribution < -0.4 is 4.90 Å². The number of carbonyl (C=O) groups excluding carboxylic acids is 1. The summed E-state index contributed by atoms with van der Waals surface area (Å²) in [6, 6.07) is 3.56. The van der Waals surface area contributed by atoms with Crippen LogP contribution in [0.15, 0.2) is 16.5 Å². The van der Waals surface area contributed by atoms with E-state index in [1.807, 2.05) is 13.1 Å². The molecule has 0 unspecified atom stereocenters. The molecule has 4 heteroatoms. The first-order valence-corrected chi connectivity index (χ1v) is 6.01. The number of hydrogen-bond donors (Lipinski definition) is 0. The number of likely N-dealkylation sites (N-methyl/N-ethyl adjacent to an activating group) is 2. The molecule has 94 valence electrons. The zero-order valence-corrected chi connectivity index (χ0v) is 10.8. The molecule has 17 heavy (non-hydrogen) atoms. The SMILES string of the molecule is CN(CC1(N(C)C)CCC1)c1ccc(C=O)o1. The Hall–Kier alpha value is -1.29. The molecule has 0 amide bonds. The Balaban J connectivity index is 2.05. The van der Waals surface area contributed by atoms with Gasteiger partial charge in [-0.25, -0.2) is 0 Å². The molecule has 4 nitrogen and oxygen atoms in total. The van der Waals surface area contributed by atoms with E-state index in [-0.39, 0.29) is 5.54 Å². The Kier molecular flexibility index (Phi) is 3.24. The van der Waals surface area contributed by atoms with Gasteiger partial charge < -0.3 is 14.2 Å². The van der Waals surface area contributed by atoms with E-state index in [9.17, 15) is 4.79 Å². The third-order valence-electron chi connectivity index (χ3n) is 3.87. The van der Waals surface area contributed by atoms with Gasteiger partial charge in [-0.1, -0.05) is 0 Å². The van der Waals surface area contributed by atoms with Gasteiger partial charge in [0.2, 0.25) is 0 Å². The maximum atomic E-state index is 10.6. The lowest BCUT2D eigenvalue weighted by atomic mass is 9.75. The smallest absolute Gasteiger partial charge is 0.196 e. The molecule has 0 radical (unpaired) electrons. The van der Waals surface area contributed by atoms with Crippen LogP contribution in [0, 0.1) is 0 Å². The third-order valence-corrected chi connectivity index (χ3v) is 3.87. The van der Waals surface area contributed by atoms with Gasteiger partial charge in [-0.3, -0.25) is 4.79 Å². The minimum absolute atomic E-state index is 0.267. The highest BCUT2D eigenvalue weighted by molar-refractivity contribution is 5.71. The van der Waals surface area contributed by atoms with E-state index >= 15 is 0 Å². The van der Waals surface area contributed by atoms with E-state index in [0.29, 0.717) is 5.76 Å². The predicted octanol–water partition coefficient (Wildman–Crippen LogP) is 2.01. The summed E-state index contributed by atoms with van der Waals surface area (Å²) < 4.78 is 5.43. The van der Waals surface area contributed by atoms with Gasteiger partial charge in [-0.05, 0) is 39.4 Å². The molecule has 0 N–H and O–H groups in total. The second kappa shape index (κ2) is 4.53. The molecule has 0 atom stereocenters. The number of anilines is 1. The maximum absolute atomic E-state index is 10.6. The molecular formula is C13H20N2O2. The van der Waals surface area contributed by atoms with Crippen LogP contribution in [0.3, 0.4) is 0 Å². The molecule has 0 saturated heterocycles. The zero-order valence-electron chi connectivity index (χ0n) is 10.8. The Bertz CT molecular complexity index is 394. The molecule has 1 heterocycles. The summed E-state index contributed by atoms with van der Waals surface area (Å²) in [6.45, 7) is 0.936. The first-order valence-electron chi connectivity index (χ1n) is 6.01. The van der Waals surface area contributed by atoms with Gasteiger partial charge in [-0.15, -0.1) is 0 Å². The van der Waals surface area contributed by atoms with Crippen LogP contribution in [-0.2, 0) is 0 Å². The van der Waals surface area contributed by atoms with Crippen LogP contribution in [0.1, 0.15) is 29.8 Å². The van der Waals surface area contributed by atoms with Gasteiger partial charge in [0.25, 0.3) is 0 Å². The molecule has 1 aromatic heterocycles. The van der Waals surface area contributed by atoms with Crippen molar-refractivity contribution < 1.29 is 9.21 Å². The van der Waals surface area contributed by atoms with Crippen molar-refractivity contribution in [2.24, 2.45) is 0 Å². The molecule has 1 fully saturated rings. The van der Waals surface area contributed by atoms with Crippen molar-refractivity contribution in [2.75, 3.05) is 32.6 Å². The first-order chi connectivity index (χ1) is 8.07. The largest absolute Gasteiger partial charge is 0.438 e. The van der Waals surface area contributed by atoms with Crippen molar-refractivity contribution >= 4 is 12.2 Å². The summed E-state index contributed by atoms with van der Waals surface area (Å²) in [6.07, 6.45) is 4.49. The molecule has 2 rings (SSSR count). The average Bonchev–Trinajstić information content (AvgIpc) is 2.71. The van der Waals surface area contributed by atoms with E-state index < -0.39 is 0 Å². The van der Waals surface area contributed by atoms with Crippen LogP contribution in [0.25, 0.3) is 0 Å². The van der Waals surface area contributed by atoms with Gasteiger partial charge in [0.15, 0.2) is 17.9 Å². The van der Waals surface area contributed by atoms with Crippen molar-refractivity contribution in [1.82, 2.24) is 4.90 Å². The van der Waals surface area contributed by atoms with Crippen molar-refractivity contribution in [1.29, 1.82) is 0 Å². The molecule has 1 aromatic rings. The number of aldehydes is 1. The highest BCUT2D eigenvalue weighted by Gasteiger charge is 2.40. The monoisotopic (exact) mass is 236 g/mol. The average molecular weight is 236 g/mol. The molecular weight excluding hydrogens is 216 g/mol. The maximum Gasteiger partial charge on any atom is 0.196 e. The number of hydrogen-bond acceptors (Lipinski definition) is 4. The standard InChI is InChI=1S/C13H20N2O2/c1-14(2)13(7-4-8-13)10-15(3)12-6-5-11(9-16)17-12/h5-6,9H,4,7-8,10H2,1-3H3. The van der Waals surface area contributed by atoms with E-state index in [1.165, 1.54) is 19.3 Å². The number of furan rings is 1. The summed E-state index contributed by atoms with van der Waals surface area (Å²) in [5, 5.41) is 0. The lowest BCUT2D eigenvalue weighted by molar-refractivity contribution is 0.0675. The van der Waals surface area contributed by atoms with Gasteiger partial charge in [0, 0.05) is 25.2 Å². The molecule has 0 bridgehead atoms. The number of rotatable bonds is 5. The summed E-state index contributed by atoms with van der Waals surface area (Å²) in [7, 11) is 6.27. The van der Waals surface area contributed by atoms with E-state index in [2.05, 4.69) is 23.9 Å². The molecule has 1 aliphatic rings. The second-order valence-electron chi connectivity index (χ2n) is 5.12. The van der Waals surface area contributed by atoms with Crippen LogP contribution >= 0.6 is 0 Å². The Morgan fingerprint density at radius 1 is 1.35 bits per heavy atom. The summed E-state index contributed by atoms with van der Waals surface area (Å²) >= 11 is 0. The molecule has 0 spiro atoms. The second-order valence-corrected chi connectivity index (χ2v) is 5.12. The van der Waals surface area contributed by atoms with Crippen molar-refractivity contribution in [3.8, 4) is 0 Å². The molecule has 0 aromatic carbocycles. The third kappa shape index (κ3) is 2.22. The van der Waals surface area contributed by atoms with Crippen LogP contribution in [0.5, 0.6) is 0 Å². The van der Waals surface area contributed by atoms with E-state index in [4.69, 9.17) is 4.42 Å². The minimum Gasteiger partial charge on any atom is -0.438 e. The summed E-state index contributed by atoms with van der Waals surface area (Å²) in [4.78, 5) is 15.0. The Morgan fingerprint density at radius 2 is 2.06 bits per heavy atom. The normalized spacial score (nSPS) is 17.9. The fraction of sp³-hybridized carbons (Fsp3) is 0.615. The summed E-state index contributed by atoms with van der Waals surface area (Å²) in [5.41, 5.74) is 0.267. The fourth-order valence-corrected chi connectivity index (χ4v) is 2.46. The topological polar surface area (TPSA) is 36.7 Å². The van der Waals surface area contributed by atoms with E-state index in [1.54, 1.807) is 6.07 Å². The summed E-state index contributed by atoms with van der Waals surface area (Å²) in [5.74, 6) is 1.15. The highest BCUT2D eigenvalue weighted by Crippen LogP contribution is 2.37. The predicted molar refractivity (Wildman–Crippen MR) is 67.6 cm³/mol. The number of carbonyl (C=O) groups is 1. The highest BCUT2D eigenvalue weighted by atomic mass is 16.4. The molecule has 1 saturated carbocycles. The van der Waals surface area contributed by atoms with Crippen molar-refractivity contribution in [2.45, 2.75) is 24.8 Å². The van der Waals surface area contributed by atoms with Crippen LogP contribution in [-0.4, -0.2) is 44.4 Å². The lowest BCUT2D eigenvalue weighted by Crippen LogP contribution is -2.56. The van der Waals surface area contributed by atoms with Crippen LogP contribution in [0.4, 0.5) is 5.88 Å². The molecule has 1 aliphatic carbocycles. The Morgan fingerprint density at radius 3 is 2.47 bits per heavy atom. The van der Waals surface area contributed by atoms with E-state index in [0.717, 1.165) is 18.7 Å². The van der Waals surface area contributed by atoms with Gasteiger partial charge in [0.05, 0.1) is 0 Å². The lowest BCUT2D eigenvalue weighted by Gasteiger charge is -2.49. The van der Waals surface area contributed by atoms with Crippen LogP contribution in [0.2, 0.25) is 0 Å².